The minimum Gasteiger partial charge on any atom is -0.381 e. The summed E-state index contributed by atoms with van der Waals surface area (Å²) in [6, 6.07) is 13.4. The number of fused-ring (bicyclic) bond motifs is 3. The summed E-state index contributed by atoms with van der Waals surface area (Å²) in [4.78, 5) is 27.7. The molecule has 6 rings (SSSR count). The van der Waals surface area contributed by atoms with E-state index in [1.165, 1.54) is 10.5 Å². The lowest BCUT2D eigenvalue weighted by atomic mass is 9.76. The van der Waals surface area contributed by atoms with E-state index in [1.807, 2.05) is 31.2 Å². The molecule has 1 aromatic heterocycles. The lowest BCUT2D eigenvalue weighted by Gasteiger charge is -2.33. The SMILES string of the molecule is CCn1nccc1N(C=O)/C(C(=O)Nc1ccc2c(c1)C=CC21CCOCC1)=C1\Cc2cccc(Cl)c21. The molecule has 1 saturated heterocycles. The second kappa shape index (κ2) is 9.32. The van der Waals surface area contributed by atoms with Crippen LogP contribution in [0.3, 0.4) is 0 Å². The van der Waals surface area contributed by atoms with Crippen LogP contribution in [0.2, 0.25) is 5.02 Å². The highest BCUT2D eigenvalue weighted by Gasteiger charge is 2.37. The predicted octanol–water partition coefficient (Wildman–Crippen LogP) is 5.20. The zero-order chi connectivity index (χ0) is 25.6. The Balaban J connectivity index is 1.38. The normalized spacial score (nSPS) is 18.1. The number of carbonyl (C=O) groups is 2. The van der Waals surface area contributed by atoms with Crippen molar-refractivity contribution in [2.75, 3.05) is 23.4 Å². The van der Waals surface area contributed by atoms with Crippen LogP contribution in [0, 0.1) is 0 Å². The van der Waals surface area contributed by atoms with Crippen LogP contribution in [0.5, 0.6) is 0 Å². The van der Waals surface area contributed by atoms with Crippen molar-refractivity contribution in [3.05, 3.63) is 87.7 Å². The van der Waals surface area contributed by atoms with Crippen LogP contribution in [0.25, 0.3) is 11.6 Å². The molecule has 1 fully saturated rings. The number of aryl methyl sites for hydroxylation is 1. The molecular formula is C29H27ClN4O3. The number of aromatic nitrogens is 2. The fraction of sp³-hybridized carbons (Fsp3) is 0.276. The van der Waals surface area contributed by atoms with Gasteiger partial charge in [0.2, 0.25) is 6.41 Å². The number of amides is 2. The summed E-state index contributed by atoms with van der Waals surface area (Å²) in [5, 5.41) is 7.90. The summed E-state index contributed by atoms with van der Waals surface area (Å²) in [5.41, 5.74) is 5.90. The molecule has 1 spiro atoms. The van der Waals surface area contributed by atoms with Gasteiger partial charge in [0.15, 0.2) is 0 Å². The van der Waals surface area contributed by atoms with E-state index in [2.05, 4.69) is 28.6 Å². The maximum Gasteiger partial charge on any atom is 0.273 e. The third-order valence-corrected chi connectivity index (χ3v) is 7.98. The Morgan fingerprint density at radius 2 is 2.08 bits per heavy atom. The summed E-state index contributed by atoms with van der Waals surface area (Å²) in [6.45, 7) is 3.99. The Bertz CT molecular complexity index is 1450. The van der Waals surface area contributed by atoms with Crippen molar-refractivity contribution in [1.29, 1.82) is 0 Å². The molecule has 37 heavy (non-hydrogen) atoms. The smallest absolute Gasteiger partial charge is 0.273 e. The van der Waals surface area contributed by atoms with Gasteiger partial charge in [-0.2, -0.15) is 5.10 Å². The van der Waals surface area contributed by atoms with E-state index in [1.54, 1.807) is 23.0 Å². The first-order chi connectivity index (χ1) is 18.0. The van der Waals surface area contributed by atoms with E-state index in [0.29, 0.717) is 35.9 Å². The molecule has 2 aliphatic carbocycles. The average Bonchev–Trinajstić information content (AvgIpc) is 3.49. The second-order valence-corrected chi connectivity index (χ2v) is 10.0. The van der Waals surface area contributed by atoms with Gasteiger partial charge >= 0.3 is 0 Å². The standard InChI is InChI=1S/C29H27ClN4O3/c1-2-34-25(9-13-31-34)33(18-35)27(22-17-20-4-3-5-24(30)26(20)22)28(36)32-21-6-7-23-19(16-21)8-10-29(23)11-14-37-15-12-29/h3-10,13,16,18H,2,11-12,14-15,17H2,1H3,(H,32,36)/b27-22+. The molecule has 2 aromatic carbocycles. The summed E-state index contributed by atoms with van der Waals surface area (Å²) < 4.78 is 7.26. The lowest BCUT2D eigenvalue weighted by Crippen LogP contribution is -2.34. The number of carbonyl (C=O) groups excluding carboxylic acids is 2. The molecule has 2 amide bonds. The van der Waals surface area contributed by atoms with Gasteiger partial charge in [-0.15, -0.1) is 0 Å². The van der Waals surface area contributed by atoms with E-state index in [0.717, 1.165) is 48.3 Å². The fourth-order valence-corrected chi connectivity index (χ4v) is 6.06. The second-order valence-electron chi connectivity index (χ2n) is 9.62. The highest BCUT2D eigenvalue weighted by Crippen LogP contribution is 2.45. The van der Waals surface area contributed by atoms with Crippen molar-refractivity contribution in [2.45, 2.75) is 38.1 Å². The molecule has 3 aliphatic rings. The number of nitrogens with one attached hydrogen (secondary N) is 1. The van der Waals surface area contributed by atoms with Crippen molar-refractivity contribution in [3.63, 3.8) is 0 Å². The first-order valence-corrected chi connectivity index (χ1v) is 12.9. The highest BCUT2D eigenvalue weighted by atomic mass is 35.5. The fourth-order valence-electron chi connectivity index (χ4n) is 5.75. The molecule has 0 unspecified atom stereocenters. The van der Waals surface area contributed by atoms with E-state index in [9.17, 15) is 9.59 Å². The van der Waals surface area contributed by atoms with Crippen molar-refractivity contribution in [2.24, 2.45) is 0 Å². The molecule has 8 heteroatoms. The third kappa shape index (κ3) is 3.90. The molecule has 188 valence electrons. The van der Waals surface area contributed by atoms with Crippen molar-refractivity contribution < 1.29 is 14.3 Å². The topological polar surface area (TPSA) is 76.5 Å². The molecule has 0 atom stereocenters. The van der Waals surface area contributed by atoms with E-state index < -0.39 is 0 Å². The van der Waals surface area contributed by atoms with E-state index in [-0.39, 0.29) is 17.0 Å². The van der Waals surface area contributed by atoms with Gasteiger partial charge in [-0.05, 0) is 60.2 Å². The van der Waals surface area contributed by atoms with Crippen LogP contribution >= 0.6 is 11.6 Å². The Labute approximate surface area is 220 Å². The Kier molecular flexibility index (Phi) is 5.97. The predicted molar refractivity (Wildman–Crippen MR) is 144 cm³/mol. The summed E-state index contributed by atoms with van der Waals surface area (Å²) in [5.74, 6) is 0.147. The van der Waals surface area contributed by atoms with Crippen LogP contribution in [0.15, 0.2) is 60.4 Å². The molecule has 0 bridgehead atoms. The largest absolute Gasteiger partial charge is 0.381 e. The number of anilines is 2. The highest BCUT2D eigenvalue weighted by molar-refractivity contribution is 6.33. The number of ether oxygens (including phenoxy) is 1. The van der Waals surface area contributed by atoms with Gasteiger partial charge in [0.1, 0.15) is 11.5 Å². The summed E-state index contributed by atoms with van der Waals surface area (Å²) in [7, 11) is 0. The first-order valence-electron chi connectivity index (χ1n) is 12.5. The van der Waals surface area contributed by atoms with Gasteiger partial charge in [0, 0.05) is 53.9 Å². The van der Waals surface area contributed by atoms with Gasteiger partial charge in [0.05, 0.1) is 6.20 Å². The Morgan fingerprint density at radius 1 is 1.24 bits per heavy atom. The Morgan fingerprint density at radius 3 is 2.84 bits per heavy atom. The molecule has 1 N–H and O–H groups in total. The first kappa shape index (κ1) is 23.7. The third-order valence-electron chi connectivity index (χ3n) is 7.67. The maximum absolute atomic E-state index is 13.9. The van der Waals surface area contributed by atoms with Gasteiger partial charge in [-0.3, -0.25) is 14.5 Å². The van der Waals surface area contributed by atoms with Crippen LogP contribution in [0.1, 0.15) is 42.0 Å². The van der Waals surface area contributed by atoms with Crippen LogP contribution < -0.4 is 10.2 Å². The zero-order valence-electron chi connectivity index (χ0n) is 20.5. The molecule has 3 aromatic rings. The van der Waals surface area contributed by atoms with Gasteiger partial charge < -0.3 is 10.1 Å². The number of benzene rings is 2. The lowest BCUT2D eigenvalue weighted by molar-refractivity contribution is -0.114. The van der Waals surface area contributed by atoms with Gasteiger partial charge in [0.25, 0.3) is 5.91 Å². The summed E-state index contributed by atoms with van der Waals surface area (Å²) >= 11 is 6.53. The molecule has 7 nitrogen and oxygen atoms in total. The molecule has 0 radical (unpaired) electrons. The van der Waals surface area contributed by atoms with Crippen LogP contribution in [0.4, 0.5) is 11.5 Å². The van der Waals surface area contributed by atoms with Crippen LogP contribution in [-0.2, 0) is 32.7 Å². The summed E-state index contributed by atoms with van der Waals surface area (Å²) in [6.07, 6.45) is 9.15. The maximum atomic E-state index is 13.9. The van der Waals surface area contributed by atoms with Crippen molar-refractivity contribution >= 4 is 47.1 Å². The molecular weight excluding hydrogens is 488 g/mol. The van der Waals surface area contributed by atoms with Gasteiger partial charge in [-0.1, -0.05) is 42.0 Å². The monoisotopic (exact) mass is 514 g/mol. The quantitative estimate of drug-likeness (QED) is 0.362. The van der Waals surface area contributed by atoms with E-state index in [4.69, 9.17) is 16.3 Å². The minimum atomic E-state index is -0.376. The van der Waals surface area contributed by atoms with Gasteiger partial charge in [-0.25, -0.2) is 4.68 Å². The molecule has 1 aliphatic heterocycles. The number of hydrogen-bond acceptors (Lipinski definition) is 4. The van der Waals surface area contributed by atoms with E-state index >= 15 is 0 Å². The van der Waals surface area contributed by atoms with Crippen molar-refractivity contribution in [3.8, 4) is 0 Å². The molecule has 2 heterocycles. The number of rotatable bonds is 6. The van der Waals surface area contributed by atoms with Crippen LogP contribution in [-0.4, -0.2) is 35.3 Å². The number of halogens is 1. The average molecular weight is 515 g/mol. The zero-order valence-corrected chi connectivity index (χ0v) is 21.3. The number of allylic oxidation sites excluding steroid dienone is 2. The molecule has 0 saturated carbocycles. The number of nitrogens with zero attached hydrogens (tertiary/aromatic N) is 3. The Hall–Kier alpha value is -3.68. The number of hydrogen-bond donors (Lipinski definition) is 1. The minimum absolute atomic E-state index is 0.0164. The van der Waals surface area contributed by atoms with Crippen molar-refractivity contribution in [1.82, 2.24) is 9.78 Å².